The molecule has 1 aromatic rings. The molecule has 2 N–H and O–H groups in total. The molecular formula is C13H19N5O2. The number of hydrogen-bond donors (Lipinski definition) is 2. The minimum atomic E-state index is -0.829. The first kappa shape index (κ1) is 14.2. The third kappa shape index (κ3) is 2.71. The lowest BCUT2D eigenvalue weighted by Gasteiger charge is -2.40. The molecule has 20 heavy (non-hydrogen) atoms. The van der Waals surface area contributed by atoms with Gasteiger partial charge in [-0.25, -0.2) is 4.98 Å². The van der Waals surface area contributed by atoms with Crippen molar-refractivity contribution in [3.63, 3.8) is 0 Å². The van der Waals surface area contributed by atoms with Crippen LogP contribution < -0.4 is 15.5 Å². The Morgan fingerprint density at radius 1 is 1.45 bits per heavy atom. The fourth-order valence-corrected chi connectivity index (χ4v) is 1.97. The van der Waals surface area contributed by atoms with Crippen LogP contribution in [-0.4, -0.2) is 40.4 Å². The van der Waals surface area contributed by atoms with Crippen molar-refractivity contribution in [2.45, 2.75) is 32.7 Å². The van der Waals surface area contributed by atoms with Crippen molar-refractivity contribution in [3.05, 3.63) is 12.3 Å². The molecular weight excluding hydrogens is 258 g/mol. The number of nitrogens with one attached hydrogen (secondary N) is 2. The molecule has 7 nitrogen and oxygen atoms in total. The van der Waals surface area contributed by atoms with Crippen LogP contribution in [-0.2, 0) is 9.59 Å². The minimum absolute atomic E-state index is 0.100. The summed E-state index contributed by atoms with van der Waals surface area (Å²) in [7, 11) is 0. The lowest BCUT2D eigenvalue weighted by Crippen LogP contribution is -2.64. The molecule has 0 aliphatic carbocycles. The number of amides is 2. The number of hydrogen-bond acceptors (Lipinski definition) is 6. The van der Waals surface area contributed by atoms with Gasteiger partial charge in [-0.15, -0.1) is 0 Å². The molecule has 0 saturated carbocycles. The number of nitrogens with zero attached hydrogens (tertiary/aromatic N) is 3. The summed E-state index contributed by atoms with van der Waals surface area (Å²) in [4.78, 5) is 33.7. The Morgan fingerprint density at radius 2 is 2.20 bits per heavy atom. The van der Waals surface area contributed by atoms with Gasteiger partial charge in [0.15, 0.2) is 0 Å². The third-order valence-corrected chi connectivity index (χ3v) is 3.24. The highest BCUT2D eigenvalue weighted by molar-refractivity contribution is 6.06. The summed E-state index contributed by atoms with van der Waals surface area (Å²) >= 11 is 0. The third-order valence-electron chi connectivity index (χ3n) is 3.24. The Kier molecular flexibility index (Phi) is 3.87. The highest BCUT2D eigenvalue weighted by atomic mass is 16.2. The Morgan fingerprint density at radius 3 is 2.90 bits per heavy atom. The molecule has 1 aromatic heterocycles. The Balaban J connectivity index is 2.29. The monoisotopic (exact) mass is 277 g/mol. The second-order valence-electron chi connectivity index (χ2n) is 5.19. The normalized spacial score (nSPS) is 17.9. The van der Waals surface area contributed by atoms with Crippen molar-refractivity contribution < 1.29 is 9.59 Å². The van der Waals surface area contributed by atoms with E-state index in [0.29, 0.717) is 11.8 Å². The molecule has 1 aliphatic rings. The SMILES string of the molecule is CCCNc1nccc(N2CC(=O)NC(=O)C2(C)C)n1. The van der Waals surface area contributed by atoms with Crippen LogP contribution in [0.5, 0.6) is 0 Å². The van der Waals surface area contributed by atoms with Gasteiger partial charge in [-0.1, -0.05) is 6.92 Å². The van der Waals surface area contributed by atoms with Gasteiger partial charge in [0, 0.05) is 12.7 Å². The van der Waals surface area contributed by atoms with E-state index >= 15 is 0 Å². The average Bonchev–Trinajstić information content (AvgIpc) is 2.41. The van der Waals surface area contributed by atoms with Crippen molar-refractivity contribution in [2.75, 3.05) is 23.3 Å². The summed E-state index contributed by atoms with van der Waals surface area (Å²) in [5.41, 5.74) is -0.829. The van der Waals surface area contributed by atoms with Crippen LogP contribution >= 0.6 is 0 Å². The summed E-state index contributed by atoms with van der Waals surface area (Å²) in [6, 6.07) is 1.70. The van der Waals surface area contributed by atoms with E-state index in [1.807, 2.05) is 6.92 Å². The van der Waals surface area contributed by atoms with Crippen molar-refractivity contribution in [1.82, 2.24) is 15.3 Å². The van der Waals surface area contributed by atoms with Gasteiger partial charge in [0.2, 0.25) is 11.9 Å². The van der Waals surface area contributed by atoms with E-state index in [-0.39, 0.29) is 18.4 Å². The maximum atomic E-state index is 11.9. The van der Waals surface area contributed by atoms with Crippen molar-refractivity contribution in [1.29, 1.82) is 0 Å². The summed E-state index contributed by atoms with van der Waals surface area (Å²) < 4.78 is 0. The molecule has 0 aromatic carbocycles. The average molecular weight is 277 g/mol. The van der Waals surface area contributed by atoms with E-state index in [0.717, 1.165) is 13.0 Å². The molecule has 0 bridgehead atoms. The molecule has 108 valence electrons. The minimum Gasteiger partial charge on any atom is -0.354 e. The van der Waals surface area contributed by atoms with E-state index in [1.54, 1.807) is 31.0 Å². The molecule has 2 rings (SSSR count). The van der Waals surface area contributed by atoms with Gasteiger partial charge in [-0.05, 0) is 26.3 Å². The smallest absolute Gasteiger partial charge is 0.251 e. The summed E-state index contributed by atoms with van der Waals surface area (Å²) in [6.45, 7) is 6.44. The summed E-state index contributed by atoms with van der Waals surface area (Å²) in [6.07, 6.45) is 2.58. The van der Waals surface area contributed by atoms with E-state index in [1.165, 1.54) is 0 Å². The molecule has 2 heterocycles. The number of imide groups is 1. The first-order valence-corrected chi connectivity index (χ1v) is 6.64. The van der Waals surface area contributed by atoms with Crippen molar-refractivity contribution in [2.24, 2.45) is 0 Å². The summed E-state index contributed by atoms with van der Waals surface area (Å²) in [5.74, 6) is 0.414. The molecule has 0 radical (unpaired) electrons. The number of aromatic nitrogens is 2. The van der Waals surface area contributed by atoms with Crippen LogP contribution in [0.1, 0.15) is 27.2 Å². The second kappa shape index (κ2) is 5.44. The lowest BCUT2D eigenvalue weighted by molar-refractivity contribution is -0.135. The zero-order valence-electron chi connectivity index (χ0n) is 11.9. The quantitative estimate of drug-likeness (QED) is 0.781. The van der Waals surface area contributed by atoms with Crippen molar-refractivity contribution >= 4 is 23.6 Å². The molecule has 2 amide bonds. The number of carbonyl (C=O) groups is 2. The fourth-order valence-electron chi connectivity index (χ4n) is 1.97. The predicted molar refractivity (Wildman–Crippen MR) is 75.4 cm³/mol. The maximum absolute atomic E-state index is 11.9. The number of carbonyl (C=O) groups excluding carboxylic acids is 2. The molecule has 0 spiro atoms. The van der Waals surface area contributed by atoms with Gasteiger partial charge in [-0.3, -0.25) is 14.9 Å². The van der Waals surface area contributed by atoms with Gasteiger partial charge in [0.1, 0.15) is 11.4 Å². The molecule has 1 fully saturated rings. The Hall–Kier alpha value is -2.18. The molecule has 0 atom stereocenters. The number of rotatable bonds is 4. The van der Waals surface area contributed by atoms with E-state index < -0.39 is 5.54 Å². The van der Waals surface area contributed by atoms with Gasteiger partial charge in [0.25, 0.3) is 5.91 Å². The molecule has 7 heteroatoms. The van der Waals surface area contributed by atoms with Gasteiger partial charge >= 0.3 is 0 Å². The predicted octanol–water partition coefficient (Wildman–Crippen LogP) is 0.540. The standard InChI is InChI=1S/C13H19N5O2/c1-4-6-14-12-15-7-5-9(16-12)18-8-10(19)17-11(20)13(18,2)3/h5,7H,4,6,8H2,1-3H3,(H,14,15,16)(H,17,19,20). The second-order valence-corrected chi connectivity index (χ2v) is 5.19. The largest absolute Gasteiger partial charge is 0.354 e. The first-order chi connectivity index (χ1) is 9.45. The Labute approximate surface area is 117 Å². The van der Waals surface area contributed by atoms with Gasteiger partial charge in [-0.2, -0.15) is 4.98 Å². The van der Waals surface area contributed by atoms with Crippen LogP contribution in [0.25, 0.3) is 0 Å². The van der Waals surface area contributed by atoms with E-state index in [9.17, 15) is 9.59 Å². The summed E-state index contributed by atoms with van der Waals surface area (Å²) in [5, 5.41) is 5.43. The van der Waals surface area contributed by atoms with Gasteiger partial charge < -0.3 is 10.2 Å². The van der Waals surface area contributed by atoms with Crippen LogP contribution in [0.3, 0.4) is 0 Å². The molecule has 1 saturated heterocycles. The highest BCUT2D eigenvalue weighted by Gasteiger charge is 2.41. The molecule has 1 aliphatic heterocycles. The van der Waals surface area contributed by atoms with Crippen LogP contribution in [0.15, 0.2) is 12.3 Å². The van der Waals surface area contributed by atoms with Crippen LogP contribution in [0.2, 0.25) is 0 Å². The zero-order chi connectivity index (χ0) is 14.8. The molecule has 0 unspecified atom stereocenters. The first-order valence-electron chi connectivity index (χ1n) is 6.64. The number of piperazine rings is 1. The van der Waals surface area contributed by atoms with E-state index in [2.05, 4.69) is 20.6 Å². The van der Waals surface area contributed by atoms with Crippen LogP contribution in [0.4, 0.5) is 11.8 Å². The van der Waals surface area contributed by atoms with E-state index in [4.69, 9.17) is 0 Å². The lowest BCUT2D eigenvalue weighted by atomic mass is 9.99. The topological polar surface area (TPSA) is 87.2 Å². The fraction of sp³-hybridized carbons (Fsp3) is 0.538. The highest BCUT2D eigenvalue weighted by Crippen LogP contribution is 2.25. The zero-order valence-corrected chi connectivity index (χ0v) is 11.9. The number of anilines is 2. The van der Waals surface area contributed by atoms with Crippen LogP contribution in [0, 0.1) is 0 Å². The van der Waals surface area contributed by atoms with Crippen molar-refractivity contribution in [3.8, 4) is 0 Å². The Bertz CT molecular complexity index is 529. The maximum Gasteiger partial charge on any atom is 0.251 e. The van der Waals surface area contributed by atoms with Gasteiger partial charge in [0.05, 0.1) is 6.54 Å².